The average Bonchev–Trinajstić information content (AvgIpc) is 2.99. The molecule has 5 nitrogen and oxygen atoms in total. The van der Waals surface area contributed by atoms with Crippen molar-refractivity contribution in [3.8, 4) is 11.1 Å². The van der Waals surface area contributed by atoms with Crippen molar-refractivity contribution in [3.05, 3.63) is 53.6 Å². The first-order chi connectivity index (χ1) is 12.8. The molecule has 0 saturated carbocycles. The second-order valence-corrected chi connectivity index (χ2v) is 9.38. The van der Waals surface area contributed by atoms with Gasteiger partial charge in [0, 0.05) is 17.8 Å². The van der Waals surface area contributed by atoms with E-state index >= 15 is 0 Å². The highest BCUT2D eigenvalue weighted by Gasteiger charge is 2.27. The first-order valence-corrected chi connectivity index (χ1v) is 10.9. The molecule has 1 N–H and O–H groups in total. The zero-order valence-electron chi connectivity index (χ0n) is 15.4. The highest BCUT2D eigenvalue weighted by atomic mass is 32.2. The quantitative estimate of drug-likeness (QED) is 0.652. The fourth-order valence-corrected chi connectivity index (χ4v) is 6.45. The van der Waals surface area contributed by atoms with Gasteiger partial charge in [-0.2, -0.15) is 4.31 Å². The first-order valence-electron chi connectivity index (χ1n) is 8.66. The number of rotatable bonds is 6. The van der Waals surface area contributed by atoms with Gasteiger partial charge in [-0.1, -0.05) is 32.0 Å². The van der Waals surface area contributed by atoms with E-state index in [1.54, 1.807) is 24.3 Å². The predicted octanol–water partition coefficient (Wildman–Crippen LogP) is 4.61. The third kappa shape index (κ3) is 3.50. The molecule has 2 aromatic carbocycles. The summed E-state index contributed by atoms with van der Waals surface area (Å²) in [5, 5.41) is 9.94. The standard InChI is InChI=1S/C20H21NO4S2/c1-4-21(5-2)27(24,25)20-13(3)17-12-16(10-11-18(17)26-20)14-6-8-15(9-7-14)19(22)23/h6-12H,4-5H2,1-3H3,(H,22,23). The molecule has 0 aliphatic carbocycles. The van der Waals surface area contributed by atoms with Gasteiger partial charge < -0.3 is 5.11 Å². The second-order valence-electron chi connectivity index (χ2n) is 6.20. The summed E-state index contributed by atoms with van der Waals surface area (Å²) in [6.45, 7) is 6.39. The van der Waals surface area contributed by atoms with Crippen LogP contribution in [0.15, 0.2) is 46.7 Å². The minimum absolute atomic E-state index is 0.235. The molecule has 142 valence electrons. The second kappa shape index (κ2) is 7.42. The van der Waals surface area contributed by atoms with Crippen LogP contribution in [-0.4, -0.2) is 36.9 Å². The Hall–Kier alpha value is -2.22. The molecule has 0 fully saturated rings. The molecule has 0 aliphatic heterocycles. The van der Waals surface area contributed by atoms with E-state index in [2.05, 4.69) is 0 Å². The van der Waals surface area contributed by atoms with Crippen molar-refractivity contribution in [1.82, 2.24) is 4.31 Å². The van der Waals surface area contributed by atoms with Gasteiger partial charge >= 0.3 is 5.97 Å². The van der Waals surface area contributed by atoms with Crippen LogP contribution in [0.25, 0.3) is 21.2 Å². The number of aromatic carboxylic acids is 1. The molecule has 0 amide bonds. The van der Waals surface area contributed by atoms with E-state index in [0.29, 0.717) is 17.3 Å². The number of carboxylic acid groups (broad SMARTS) is 1. The van der Waals surface area contributed by atoms with Gasteiger partial charge in [0.2, 0.25) is 0 Å². The highest BCUT2D eigenvalue weighted by molar-refractivity contribution is 7.91. The van der Waals surface area contributed by atoms with Crippen LogP contribution >= 0.6 is 11.3 Å². The summed E-state index contributed by atoms with van der Waals surface area (Å²) in [5.74, 6) is -0.961. The lowest BCUT2D eigenvalue weighted by Gasteiger charge is -2.17. The number of thiophene rings is 1. The maximum absolute atomic E-state index is 12.9. The Morgan fingerprint density at radius 1 is 1.04 bits per heavy atom. The highest BCUT2D eigenvalue weighted by Crippen LogP contribution is 2.37. The number of carbonyl (C=O) groups is 1. The van der Waals surface area contributed by atoms with E-state index in [1.807, 2.05) is 39.0 Å². The van der Waals surface area contributed by atoms with Gasteiger partial charge in [-0.25, -0.2) is 13.2 Å². The number of fused-ring (bicyclic) bond motifs is 1. The third-order valence-corrected chi connectivity index (χ3v) is 8.56. The lowest BCUT2D eigenvalue weighted by Crippen LogP contribution is -2.30. The number of nitrogens with zero attached hydrogens (tertiary/aromatic N) is 1. The molecule has 0 unspecified atom stereocenters. The SMILES string of the molecule is CCN(CC)S(=O)(=O)c1sc2ccc(-c3ccc(C(=O)O)cc3)cc2c1C. The monoisotopic (exact) mass is 403 g/mol. The van der Waals surface area contributed by atoms with Crippen molar-refractivity contribution in [3.63, 3.8) is 0 Å². The average molecular weight is 404 g/mol. The lowest BCUT2D eigenvalue weighted by atomic mass is 10.0. The largest absolute Gasteiger partial charge is 0.478 e. The molecule has 7 heteroatoms. The molecule has 0 bridgehead atoms. The van der Waals surface area contributed by atoms with Crippen LogP contribution in [0.5, 0.6) is 0 Å². The molecule has 3 rings (SSSR count). The fraction of sp³-hybridized carbons (Fsp3) is 0.250. The summed E-state index contributed by atoms with van der Waals surface area (Å²) in [7, 11) is -3.50. The van der Waals surface area contributed by atoms with Crippen LogP contribution in [0.4, 0.5) is 0 Å². The summed E-state index contributed by atoms with van der Waals surface area (Å²) < 4.78 is 28.6. The van der Waals surface area contributed by atoms with Gasteiger partial charge in [-0.3, -0.25) is 0 Å². The van der Waals surface area contributed by atoms with Crippen molar-refractivity contribution in [1.29, 1.82) is 0 Å². The number of carboxylic acids is 1. The summed E-state index contributed by atoms with van der Waals surface area (Å²) >= 11 is 1.29. The molecule has 1 heterocycles. The normalized spacial score (nSPS) is 12.0. The molecule has 0 spiro atoms. The van der Waals surface area contributed by atoms with Crippen molar-refractivity contribution in [2.24, 2.45) is 0 Å². The van der Waals surface area contributed by atoms with Crippen LogP contribution in [0.2, 0.25) is 0 Å². The summed E-state index contributed by atoms with van der Waals surface area (Å²) in [4.78, 5) is 11.0. The van der Waals surface area contributed by atoms with E-state index < -0.39 is 16.0 Å². The first kappa shape index (κ1) is 19.5. The zero-order valence-corrected chi connectivity index (χ0v) is 17.0. The molecule has 0 radical (unpaired) electrons. The van der Waals surface area contributed by atoms with Crippen molar-refractivity contribution < 1.29 is 18.3 Å². The van der Waals surface area contributed by atoms with E-state index in [9.17, 15) is 13.2 Å². The van der Waals surface area contributed by atoms with E-state index in [-0.39, 0.29) is 5.56 Å². The van der Waals surface area contributed by atoms with Crippen LogP contribution < -0.4 is 0 Å². The van der Waals surface area contributed by atoms with Crippen LogP contribution in [-0.2, 0) is 10.0 Å². The lowest BCUT2D eigenvalue weighted by molar-refractivity contribution is 0.0697. The smallest absolute Gasteiger partial charge is 0.335 e. The molecule has 1 aromatic heterocycles. The number of benzene rings is 2. The van der Waals surface area contributed by atoms with Crippen LogP contribution in [0, 0.1) is 6.92 Å². The van der Waals surface area contributed by atoms with Gasteiger partial charge in [0.1, 0.15) is 4.21 Å². The molecular weight excluding hydrogens is 382 g/mol. The Labute approximate surface area is 162 Å². The molecule has 3 aromatic rings. The predicted molar refractivity (Wildman–Crippen MR) is 109 cm³/mol. The summed E-state index contributed by atoms with van der Waals surface area (Å²) in [5.41, 5.74) is 2.80. The van der Waals surface area contributed by atoms with Crippen LogP contribution in [0.3, 0.4) is 0 Å². The summed E-state index contributed by atoms with van der Waals surface area (Å²) in [6.07, 6.45) is 0. The van der Waals surface area contributed by atoms with Crippen LogP contribution in [0.1, 0.15) is 29.8 Å². The van der Waals surface area contributed by atoms with Gasteiger partial charge in [-0.05, 0) is 53.3 Å². The third-order valence-electron chi connectivity index (χ3n) is 4.64. The Bertz CT molecular complexity index is 1090. The summed E-state index contributed by atoms with van der Waals surface area (Å²) in [6, 6.07) is 12.5. The number of hydrogen-bond donors (Lipinski definition) is 1. The van der Waals surface area contributed by atoms with Gasteiger partial charge in [-0.15, -0.1) is 11.3 Å². The van der Waals surface area contributed by atoms with E-state index in [0.717, 1.165) is 26.8 Å². The molecule has 0 atom stereocenters. The number of sulfonamides is 1. The number of aryl methyl sites for hydroxylation is 1. The fourth-order valence-electron chi connectivity index (χ4n) is 3.11. The maximum Gasteiger partial charge on any atom is 0.335 e. The minimum Gasteiger partial charge on any atom is -0.478 e. The molecule has 27 heavy (non-hydrogen) atoms. The van der Waals surface area contributed by atoms with Crippen molar-refractivity contribution >= 4 is 37.4 Å². The molecule has 0 saturated heterocycles. The number of hydrogen-bond acceptors (Lipinski definition) is 4. The zero-order chi connectivity index (χ0) is 19.8. The van der Waals surface area contributed by atoms with Gasteiger partial charge in [0.05, 0.1) is 5.56 Å². The molecular formula is C20H21NO4S2. The Morgan fingerprint density at radius 2 is 1.63 bits per heavy atom. The molecule has 0 aliphatic rings. The minimum atomic E-state index is -3.50. The maximum atomic E-state index is 12.9. The topological polar surface area (TPSA) is 74.7 Å². The van der Waals surface area contributed by atoms with E-state index in [1.165, 1.54) is 15.6 Å². The van der Waals surface area contributed by atoms with Gasteiger partial charge in [0.15, 0.2) is 0 Å². The van der Waals surface area contributed by atoms with Crippen molar-refractivity contribution in [2.75, 3.05) is 13.1 Å². The van der Waals surface area contributed by atoms with E-state index in [4.69, 9.17) is 5.11 Å². The van der Waals surface area contributed by atoms with Gasteiger partial charge in [0.25, 0.3) is 10.0 Å². The Morgan fingerprint density at radius 3 is 2.19 bits per heavy atom. The van der Waals surface area contributed by atoms with Crippen molar-refractivity contribution in [2.45, 2.75) is 25.0 Å². The Kier molecular flexibility index (Phi) is 5.37. The Balaban J connectivity index is 2.09.